The van der Waals surface area contributed by atoms with E-state index in [1.165, 1.54) is 5.69 Å². The Morgan fingerprint density at radius 1 is 1.38 bits per heavy atom. The van der Waals surface area contributed by atoms with Crippen LogP contribution in [0.2, 0.25) is 0 Å². The van der Waals surface area contributed by atoms with E-state index in [2.05, 4.69) is 28.8 Å². The van der Waals surface area contributed by atoms with Crippen molar-refractivity contribution in [3.63, 3.8) is 0 Å². The van der Waals surface area contributed by atoms with E-state index < -0.39 is 0 Å². The Labute approximate surface area is 98.0 Å². The van der Waals surface area contributed by atoms with Gasteiger partial charge >= 0.3 is 0 Å². The molecular formula is C12H23N3O. The van der Waals surface area contributed by atoms with E-state index in [1.807, 2.05) is 13.8 Å². The van der Waals surface area contributed by atoms with Gasteiger partial charge in [0.25, 0.3) is 0 Å². The third kappa shape index (κ3) is 3.61. The topological polar surface area (TPSA) is 39.1 Å². The molecule has 0 atom stereocenters. The smallest absolute Gasteiger partial charge is 0.122 e. The summed E-state index contributed by atoms with van der Waals surface area (Å²) >= 11 is 0. The molecule has 0 unspecified atom stereocenters. The minimum Gasteiger partial charge on any atom is -0.382 e. The van der Waals surface area contributed by atoms with Gasteiger partial charge in [0.1, 0.15) is 5.82 Å². The van der Waals surface area contributed by atoms with Gasteiger partial charge in [0.2, 0.25) is 0 Å². The molecule has 1 rings (SSSR count). The number of hydrogen-bond donors (Lipinski definition) is 1. The lowest BCUT2D eigenvalue weighted by Gasteiger charge is -2.05. The number of imidazole rings is 1. The minimum absolute atomic E-state index is 0.803. The van der Waals surface area contributed by atoms with Crippen LogP contribution in [0.25, 0.3) is 0 Å². The van der Waals surface area contributed by atoms with Crippen LogP contribution in [-0.2, 0) is 18.3 Å². The van der Waals surface area contributed by atoms with Crippen LogP contribution in [0.3, 0.4) is 0 Å². The fourth-order valence-corrected chi connectivity index (χ4v) is 1.59. The molecule has 0 saturated heterocycles. The molecule has 0 fully saturated rings. The molecule has 1 N–H and O–H groups in total. The van der Waals surface area contributed by atoms with Crippen LogP contribution < -0.4 is 5.32 Å². The maximum Gasteiger partial charge on any atom is 0.122 e. The second-order valence-electron chi connectivity index (χ2n) is 3.99. The molecule has 4 heteroatoms. The van der Waals surface area contributed by atoms with E-state index in [0.717, 1.165) is 44.2 Å². The summed E-state index contributed by atoms with van der Waals surface area (Å²) in [5.74, 6) is 1.10. The first kappa shape index (κ1) is 13.2. The maximum atomic E-state index is 5.27. The maximum absolute atomic E-state index is 5.27. The molecule has 92 valence electrons. The van der Waals surface area contributed by atoms with E-state index in [0.29, 0.717) is 0 Å². The summed E-state index contributed by atoms with van der Waals surface area (Å²) in [7, 11) is 2.06. The molecule has 0 spiro atoms. The monoisotopic (exact) mass is 225 g/mol. The molecule has 0 radical (unpaired) electrons. The van der Waals surface area contributed by atoms with Crippen molar-refractivity contribution >= 4 is 0 Å². The molecule has 0 aliphatic carbocycles. The molecular weight excluding hydrogens is 202 g/mol. The highest BCUT2D eigenvalue weighted by Gasteiger charge is 2.06. The largest absolute Gasteiger partial charge is 0.382 e. The van der Waals surface area contributed by atoms with Gasteiger partial charge in [-0.15, -0.1) is 0 Å². The van der Waals surface area contributed by atoms with Crippen LogP contribution in [-0.4, -0.2) is 29.3 Å². The van der Waals surface area contributed by atoms with E-state index in [9.17, 15) is 0 Å². The Hall–Kier alpha value is -0.870. The lowest BCUT2D eigenvalue weighted by Crippen LogP contribution is -2.18. The van der Waals surface area contributed by atoms with E-state index >= 15 is 0 Å². The number of rotatable bonds is 7. The first-order chi connectivity index (χ1) is 7.66. The van der Waals surface area contributed by atoms with Crippen molar-refractivity contribution in [2.24, 2.45) is 7.05 Å². The van der Waals surface area contributed by atoms with Gasteiger partial charge < -0.3 is 14.6 Å². The third-order valence-electron chi connectivity index (χ3n) is 2.84. The van der Waals surface area contributed by atoms with Crippen LogP contribution >= 0.6 is 0 Å². The van der Waals surface area contributed by atoms with Gasteiger partial charge in [-0.25, -0.2) is 4.98 Å². The Morgan fingerprint density at radius 2 is 2.12 bits per heavy atom. The van der Waals surface area contributed by atoms with Crippen molar-refractivity contribution in [1.82, 2.24) is 14.9 Å². The molecule has 1 aromatic heterocycles. The minimum atomic E-state index is 0.803. The van der Waals surface area contributed by atoms with E-state index in [4.69, 9.17) is 4.74 Å². The Kier molecular flexibility index (Phi) is 5.49. The number of aromatic nitrogens is 2. The Morgan fingerprint density at radius 3 is 2.69 bits per heavy atom. The van der Waals surface area contributed by atoms with Gasteiger partial charge in [0.15, 0.2) is 0 Å². The average molecular weight is 225 g/mol. The standard InChI is InChI=1S/C12H23N3O/c1-5-16-8-6-7-13-9-12-14-10(2)11(3)15(12)4/h13H,5-9H2,1-4H3. The number of aryl methyl sites for hydroxylation is 1. The van der Waals surface area contributed by atoms with Crippen molar-refractivity contribution < 1.29 is 4.74 Å². The molecule has 0 aromatic carbocycles. The molecule has 0 aliphatic rings. The van der Waals surface area contributed by atoms with Gasteiger partial charge in [-0.05, 0) is 33.7 Å². The summed E-state index contributed by atoms with van der Waals surface area (Å²) in [6, 6.07) is 0. The molecule has 0 amide bonds. The quantitative estimate of drug-likeness (QED) is 0.716. The molecule has 0 saturated carbocycles. The number of hydrogen-bond acceptors (Lipinski definition) is 3. The van der Waals surface area contributed by atoms with Crippen molar-refractivity contribution in [3.8, 4) is 0 Å². The normalized spacial score (nSPS) is 11.0. The summed E-state index contributed by atoms with van der Waals surface area (Å²) in [5.41, 5.74) is 2.36. The van der Waals surface area contributed by atoms with Crippen molar-refractivity contribution in [1.29, 1.82) is 0 Å². The third-order valence-corrected chi connectivity index (χ3v) is 2.84. The van der Waals surface area contributed by atoms with Gasteiger partial charge in [0, 0.05) is 26.0 Å². The zero-order valence-electron chi connectivity index (χ0n) is 10.8. The van der Waals surface area contributed by atoms with Crippen LogP contribution in [0.4, 0.5) is 0 Å². The van der Waals surface area contributed by atoms with Crippen molar-refractivity contribution in [3.05, 3.63) is 17.2 Å². The Balaban J connectivity index is 2.24. The first-order valence-electron chi connectivity index (χ1n) is 5.94. The summed E-state index contributed by atoms with van der Waals surface area (Å²) < 4.78 is 7.42. The van der Waals surface area contributed by atoms with Gasteiger partial charge in [-0.1, -0.05) is 0 Å². The van der Waals surface area contributed by atoms with E-state index in [-0.39, 0.29) is 0 Å². The van der Waals surface area contributed by atoms with E-state index in [1.54, 1.807) is 0 Å². The summed E-state index contributed by atoms with van der Waals surface area (Å²) in [4.78, 5) is 4.51. The lowest BCUT2D eigenvalue weighted by molar-refractivity contribution is 0.144. The molecule has 0 aliphatic heterocycles. The molecule has 0 bridgehead atoms. The Bertz CT molecular complexity index is 320. The molecule has 1 heterocycles. The molecule has 4 nitrogen and oxygen atoms in total. The first-order valence-corrected chi connectivity index (χ1v) is 5.94. The van der Waals surface area contributed by atoms with Gasteiger partial charge in [-0.3, -0.25) is 0 Å². The predicted octanol–water partition coefficient (Wildman–Crippen LogP) is 1.55. The predicted molar refractivity (Wildman–Crippen MR) is 65.5 cm³/mol. The van der Waals surface area contributed by atoms with Crippen molar-refractivity contribution in [2.75, 3.05) is 19.8 Å². The second-order valence-corrected chi connectivity index (χ2v) is 3.99. The SMILES string of the molecule is CCOCCCNCc1nc(C)c(C)n1C. The number of ether oxygens (including phenoxy) is 1. The summed E-state index contributed by atoms with van der Waals surface area (Å²) in [5, 5.41) is 3.38. The fourth-order valence-electron chi connectivity index (χ4n) is 1.59. The van der Waals surface area contributed by atoms with Gasteiger partial charge in [-0.2, -0.15) is 0 Å². The van der Waals surface area contributed by atoms with Crippen LogP contribution in [0.15, 0.2) is 0 Å². The zero-order chi connectivity index (χ0) is 12.0. The van der Waals surface area contributed by atoms with Gasteiger partial charge in [0.05, 0.1) is 12.2 Å². The lowest BCUT2D eigenvalue weighted by atomic mass is 10.4. The molecule has 16 heavy (non-hydrogen) atoms. The molecule has 1 aromatic rings. The van der Waals surface area contributed by atoms with Crippen molar-refractivity contribution in [2.45, 2.75) is 33.7 Å². The van der Waals surface area contributed by atoms with Crippen LogP contribution in [0.1, 0.15) is 30.6 Å². The summed E-state index contributed by atoms with van der Waals surface area (Å²) in [6.07, 6.45) is 1.05. The highest BCUT2D eigenvalue weighted by atomic mass is 16.5. The van der Waals surface area contributed by atoms with Crippen LogP contribution in [0.5, 0.6) is 0 Å². The fraction of sp³-hybridized carbons (Fsp3) is 0.750. The number of nitrogens with zero attached hydrogens (tertiary/aromatic N) is 2. The highest BCUT2D eigenvalue weighted by Crippen LogP contribution is 2.07. The second kappa shape index (κ2) is 6.66. The highest BCUT2D eigenvalue weighted by molar-refractivity contribution is 5.13. The zero-order valence-corrected chi connectivity index (χ0v) is 10.8. The van der Waals surface area contributed by atoms with Crippen LogP contribution in [0, 0.1) is 13.8 Å². The summed E-state index contributed by atoms with van der Waals surface area (Å²) in [6.45, 7) is 9.61. The average Bonchev–Trinajstić information content (AvgIpc) is 2.51. The number of nitrogens with one attached hydrogen (secondary N) is 1.